The van der Waals surface area contributed by atoms with Crippen LogP contribution in [0.3, 0.4) is 0 Å². The van der Waals surface area contributed by atoms with E-state index >= 15 is 0 Å². The summed E-state index contributed by atoms with van der Waals surface area (Å²) in [6, 6.07) is 2.11. The largest absolute Gasteiger partial charge is 0.363 e. The molecule has 0 aliphatic carbocycles. The minimum atomic E-state index is 0.483. The molecule has 2 aliphatic rings. The molecule has 1 aromatic rings. The zero-order chi connectivity index (χ0) is 13.5. The highest BCUT2D eigenvalue weighted by Crippen LogP contribution is 2.38. The van der Waals surface area contributed by atoms with Crippen LogP contribution in [0, 0.1) is 12.3 Å². The summed E-state index contributed by atoms with van der Waals surface area (Å²) in [4.78, 5) is 13.6. The van der Waals surface area contributed by atoms with Gasteiger partial charge in [-0.1, -0.05) is 0 Å². The Hall–Kier alpha value is -1.36. The molecule has 3 rings (SSSR count). The van der Waals surface area contributed by atoms with Gasteiger partial charge in [-0.2, -0.15) is 0 Å². The zero-order valence-corrected chi connectivity index (χ0v) is 12.1. The molecule has 19 heavy (non-hydrogen) atoms. The summed E-state index contributed by atoms with van der Waals surface area (Å²) in [6.07, 6.45) is 2.58. The number of aryl methyl sites for hydroxylation is 1. The monoisotopic (exact) mass is 261 g/mol. The predicted molar refractivity (Wildman–Crippen MR) is 77.8 cm³/mol. The quantitative estimate of drug-likeness (QED) is 0.862. The molecule has 1 atom stereocenters. The standard InChI is InChI=1S/C14H23N5/c1-11-16-12(18(2)3)8-13(17-11)19-7-5-14(10-19)4-6-15-9-14/h8,15H,4-7,9-10H2,1-3H3. The molecule has 2 saturated heterocycles. The second-order valence-corrected chi connectivity index (χ2v) is 6.12. The first-order valence-electron chi connectivity index (χ1n) is 7.07. The van der Waals surface area contributed by atoms with Gasteiger partial charge in [0.05, 0.1) is 0 Å². The molecule has 2 fully saturated rings. The first kappa shape index (κ1) is 12.7. The molecule has 1 N–H and O–H groups in total. The van der Waals surface area contributed by atoms with Gasteiger partial charge in [-0.25, -0.2) is 9.97 Å². The van der Waals surface area contributed by atoms with Gasteiger partial charge < -0.3 is 15.1 Å². The molecule has 0 aromatic carbocycles. The van der Waals surface area contributed by atoms with Crippen molar-refractivity contribution in [3.8, 4) is 0 Å². The van der Waals surface area contributed by atoms with Crippen LogP contribution in [-0.4, -0.2) is 50.2 Å². The Morgan fingerprint density at radius 2 is 2.16 bits per heavy atom. The maximum atomic E-state index is 4.62. The summed E-state index contributed by atoms with van der Waals surface area (Å²) < 4.78 is 0. The summed E-state index contributed by atoms with van der Waals surface area (Å²) in [5.41, 5.74) is 0.483. The van der Waals surface area contributed by atoms with Crippen LogP contribution in [0.25, 0.3) is 0 Å². The second-order valence-electron chi connectivity index (χ2n) is 6.12. The van der Waals surface area contributed by atoms with E-state index in [-0.39, 0.29) is 0 Å². The molecular formula is C14H23N5. The normalized spacial score (nSPS) is 26.4. The van der Waals surface area contributed by atoms with E-state index in [0.29, 0.717) is 5.41 Å². The lowest BCUT2D eigenvalue weighted by Crippen LogP contribution is -2.29. The fraction of sp³-hybridized carbons (Fsp3) is 0.714. The van der Waals surface area contributed by atoms with Crippen LogP contribution in [0.1, 0.15) is 18.7 Å². The summed E-state index contributed by atoms with van der Waals surface area (Å²) in [6.45, 7) is 6.54. The number of anilines is 2. The SMILES string of the molecule is Cc1nc(N(C)C)cc(N2CCC3(CCNC3)C2)n1. The number of hydrogen-bond donors (Lipinski definition) is 1. The Bertz CT molecular complexity index is 465. The lowest BCUT2D eigenvalue weighted by Gasteiger charge is -2.24. The molecule has 1 spiro atoms. The maximum Gasteiger partial charge on any atom is 0.134 e. The van der Waals surface area contributed by atoms with Gasteiger partial charge in [0.1, 0.15) is 17.5 Å². The fourth-order valence-electron chi connectivity index (χ4n) is 3.20. The first-order valence-corrected chi connectivity index (χ1v) is 7.07. The molecular weight excluding hydrogens is 238 g/mol. The van der Waals surface area contributed by atoms with Gasteiger partial charge in [-0.15, -0.1) is 0 Å². The number of nitrogens with zero attached hydrogens (tertiary/aromatic N) is 4. The van der Waals surface area contributed by atoms with Gasteiger partial charge >= 0.3 is 0 Å². The Balaban J connectivity index is 1.83. The molecule has 5 heteroatoms. The van der Waals surface area contributed by atoms with E-state index in [0.717, 1.165) is 37.1 Å². The minimum Gasteiger partial charge on any atom is -0.363 e. The molecule has 1 unspecified atom stereocenters. The fourth-order valence-corrected chi connectivity index (χ4v) is 3.20. The third-order valence-electron chi connectivity index (χ3n) is 4.36. The van der Waals surface area contributed by atoms with Crippen LogP contribution in [0.15, 0.2) is 6.07 Å². The van der Waals surface area contributed by atoms with Gasteiger partial charge in [0.15, 0.2) is 0 Å². The van der Waals surface area contributed by atoms with E-state index < -0.39 is 0 Å². The highest BCUT2D eigenvalue weighted by atomic mass is 15.2. The molecule has 5 nitrogen and oxygen atoms in total. The van der Waals surface area contributed by atoms with E-state index in [4.69, 9.17) is 0 Å². The van der Waals surface area contributed by atoms with Crippen molar-refractivity contribution in [1.82, 2.24) is 15.3 Å². The minimum absolute atomic E-state index is 0.483. The predicted octanol–water partition coefficient (Wildman–Crippen LogP) is 1.04. The van der Waals surface area contributed by atoms with Crippen LogP contribution in [0.2, 0.25) is 0 Å². The second kappa shape index (κ2) is 4.63. The van der Waals surface area contributed by atoms with E-state index in [1.165, 1.54) is 19.4 Å². The topological polar surface area (TPSA) is 44.3 Å². The molecule has 104 valence electrons. The summed E-state index contributed by atoms with van der Waals surface area (Å²) in [5, 5.41) is 3.50. The molecule has 0 saturated carbocycles. The molecule has 1 aromatic heterocycles. The number of rotatable bonds is 2. The van der Waals surface area contributed by atoms with Crippen molar-refractivity contribution in [2.75, 3.05) is 50.1 Å². The summed E-state index contributed by atoms with van der Waals surface area (Å²) in [5.74, 6) is 2.93. The summed E-state index contributed by atoms with van der Waals surface area (Å²) in [7, 11) is 4.05. The van der Waals surface area contributed by atoms with Crippen LogP contribution < -0.4 is 15.1 Å². The molecule has 0 bridgehead atoms. The molecule has 0 amide bonds. The van der Waals surface area contributed by atoms with Crippen LogP contribution in [0.5, 0.6) is 0 Å². The maximum absolute atomic E-state index is 4.62. The highest BCUT2D eigenvalue weighted by Gasteiger charge is 2.40. The van der Waals surface area contributed by atoms with Crippen molar-refractivity contribution in [3.63, 3.8) is 0 Å². The first-order chi connectivity index (χ1) is 9.08. The zero-order valence-electron chi connectivity index (χ0n) is 12.1. The van der Waals surface area contributed by atoms with E-state index in [1.54, 1.807) is 0 Å². The number of hydrogen-bond acceptors (Lipinski definition) is 5. The van der Waals surface area contributed by atoms with Gasteiger partial charge in [-0.05, 0) is 26.3 Å². The Labute approximate surface area is 115 Å². The van der Waals surface area contributed by atoms with Crippen LogP contribution in [-0.2, 0) is 0 Å². The van der Waals surface area contributed by atoms with Crippen molar-refractivity contribution >= 4 is 11.6 Å². The number of nitrogens with one attached hydrogen (secondary N) is 1. The van der Waals surface area contributed by atoms with E-state index in [1.807, 2.05) is 25.9 Å². The highest BCUT2D eigenvalue weighted by molar-refractivity contribution is 5.51. The summed E-state index contributed by atoms with van der Waals surface area (Å²) >= 11 is 0. The Morgan fingerprint density at radius 1 is 1.32 bits per heavy atom. The average molecular weight is 261 g/mol. The molecule has 2 aliphatic heterocycles. The van der Waals surface area contributed by atoms with Gasteiger partial charge in [0.2, 0.25) is 0 Å². The third-order valence-corrected chi connectivity index (χ3v) is 4.36. The van der Waals surface area contributed by atoms with E-state index in [9.17, 15) is 0 Å². The Kier molecular flexibility index (Phi) is 3.09. The van der Waals surface area contributed by atoms with Gasteiger partial charge in [0.25, 0.3) is 0 Å². The van der Waals surface area contributed by atoms with Gasteiger partial charge in [0, 0.05) is 45.2 Å². The van der Waals surface area contributed by atoms with Crippen LogP contribution >= 0.6 is 0 Å². The molecule has 3 heterocycles. The van der Waals surface area contributed by atoms with E-state index in [2.05, 4.69) is 26.3 Å². The van der Waals surface area contributed by atoms with Crippen LogP contribution in [0.4, 0.5) is 11.6 Å². The lowest BCUT2D eigenvalue weighted by atomic mass is 9.87. The van der Waals surface area contributed by atoms with Crippen molar-refractivity contribution in [1.29, 1.82) is 0 Å². The molecule has 0 radical (unpaired) electrons. The Morgan fingerprint density at radius 3 is 2.84 bits per heavy atom. The number of aromatic nitrogens is 2. The lowest BCUT2D eigenvalue weighted by molar-refractivity contribution is 0.369. The van der Waals surface area contributed by atoms with Gasteiger partial charge in [-0.3, -0.25) is 0 Å². The van der Waals surface area contributed by atoms with Crippen molar-refractivity contribution in [2.24, 2.45) is 5.41 Å². The van der Waals surface area contributed by atoms with Crippen molar-refractivity contribution in [3.05, 3.63) is 11.9 Å². The average Bonchev–Trinajstić information content (AvgIpc) is 3.00. The third kappa shape index (κ3) is 2.39. The smallest absolute Gasteiger partial charge is 0.134 e. The van der Waals surface area contributed by atoms with Crippen molar-refractivity contribution < 1.29 is 0 Å². The van der Waals surface area contributed by atoms with Crippen molar-refractivity contribution in [2.45, 2.75) is 19.8 Å².